The maximum absolute atomic E-state index is 12.3. The summed E-state index contributed by atoms with van der Waals surface area (Å²) in [5.74, 6) is 0.509. The molecule has 3 nitrogen and oxygen atoms in total. The predicted molar refractivity (Wildman–Crippen MR) is 106 cm³/mol. The summed E-state index contributed by atoms with van der Waals surface area (Å²) in [5.41, 5.74) is 4.29. The van der Waals surface area contributed by atoms with Crippen molar-refractivity contribution < 1.29 is 9.53 Å². The molecule has 1 N–H and O–H groups in total. The maximum Gasteiger partial charge on any atom is 0.265 e. The van der Waals surface area contributed by atoms with E-state index in [1.54, 1.807) is 6.92 Å². The third kappa shape index (κ3) is 4.51. The Bertz CT molecular complexity index is 840. The number of carbonyl (C=O) groups is 1. The zero-order valence-corrected chi connectivity index (χ0v) is 15.1. The molecule has 1 atom stereocenters. The molecule has 3 rings (SSSR count). The first-order valence-electron chi connectivity index (χ1n) is 8.87. The van der Waals surface area contributed by atoms with Gasteiger partial charge in [-0.05, 0) is 54.3 Å². The van der Waals surface area contributed by atoms with Crippen molar-refractivity contribution in [2.45, 2.75) is 26.4 Å². The molecular formula is C23H23NO2. The van der Waals surface area contributed by atoms with Gasteiger partial charge in [0.15, 0.2) is 6.10 Å². The normalized spacial score (nSPS) is 11.6. The fourth-order valence-electron chi connectivity index (χ4n) is 2.68. The molecule has 0 aliphatic rings. The van der Waals surface area contributed by atoms with Crippen molar-refractivity contribution in [2.75, 3.05) is 5.32 Å². The SMILES string of the molecule is CCc1ccc(NC(=O)[C@H](C)Oc2ccc(-c3ccccc3)cc2)cc1. The first-order valence-corrected chi connectivity index (χ1v) is 8.87. The van der Waals surface area contributed by atoms with Gasteiger partial charge < -0.3 is 10.1 Å². The summed E-state index contributed by atoms with van der Waals surface area (Å²) in [6.45, 7) is 3.85. The average molecular weight is 345 g/mol. The molecule has 0 bridgehead atoms. The molecule has 26 heavy (non-hydrogen) atoms. The minimum Gasteiger partial charge on any atom is -0.481 e. The van der Waals surface area contributed by atoms with Crippen LogP contribution in [-0.2, 0) is 11.2 Å². The Morgan fingerprint density at radius 2 is 1.50 bits per heavy atom. The fourth-order valence-corrected chi connectivity index (χ4v) is 2.68. The molecular weight excluding hydrogens is 322 g/mol. The molecule has 0 spiro atoms. The van der Waals surface area contributed by atoms with Gasteiger partial charge in [-0.2, -0.15) is 0 Å². The van der Waals surface area contributed by atoms with Crippen LogP contribution in [0.1, 0.15) is 19.4 Å². The van der Waals surface area contributed by atoms with Gasteiger partial charge in [0.25, 0.3) is 5.91 Å². The predicted octanol–water partition coefficient (Wildman–Crippen LogP) is 5.32. The van der Waals surface area contributed by atoms with E-state index in [2.05, 4.69) is 24.4 Å². The van der Waals surface area contributed by atoms with Crippen LogP contribution in [0.25, 0.3) is 11.1 Å². The fraction of sp³-hybridized carbons (Fsp3) is 0.174. The summed E-state index contributed by atoms with van der Waals surface area (Å²) < 4.78 is 5.77. The van der Waals surface area contributed by atoms with Crippen LogP contribution in [0, 0.1) is 0 Å². The van der Waals surface area contributed by atoms with Gasteiger partial charge in [0.05, 0.1) is 0 Å². The third-order valence-electron chi connectivity index (χ3n) is 4.27. The van der Waals surface area contributed by atoms with Crippen molar-refractivity contribution in [3.05, 3.63) is 84.4 Å². The van der Waals surface area contributed by atoms with E-state index < -0.39 is 6.10 Å². The molecule has 0 saturated heterocycles. The van der Waals surface area contributed by atoms with Crippen LogP contribution in [0.2, 0.25) is 0 Å². The van der Waals surface area contributed by atoms with Crippen LogP contribution >= 0.6 is 0 Å². The topological polar surface area (TPSA) is 38.3 Å². The van der Waals surface area contributed by atoms with Gasteiger partial charge in [0.1, 0.15) is 5.75 Å². The molecule has 3 aromatic rings. The van der Waals surface area contributed by atoms with Crippen LogP contribution in [0.5, 0.6) is 5.75 Å². The smallest absolute Gasteiger partial charge is 0.265 e. The Morgan fingerprint density at radius 1 is 0.885 bits per heavy atom. The molecule has 0 saturated carbocycles. The van der Waals surface area contributed by atoms with Crippen molar-refractivity contribution in [1.29, 1.82) is 0 Å². The molecule has 0 aromatic heterocycles. The van der Waals surface area contributed by atoms with Gasteiger partial charge in [-0.25, -0.2) is 0 Å². The van der Waals surface area contributed by atoms with Crippen molar-refractivity contribution >= 4 is 11.6 Å². The lowest BCUT2D eigenvalue weighted by Gasteiger charge is -2.15. The number of hydrogen-bond acceptors (Lipinski definition) is 2. The second kappa shape index (κ2) is 8.34. The summed E-state index contributed by atoms with van der Waals surface area (Å²) in [7, 11) is 0. The van der Waals surface area contributed by atoms with Crippen LogP contribution < -0.4 is 10.1 Å². The average Bonchev–Trinajstić information content (AvgIpc) is 2.70. The first kappa shape index (κ1) is 17.7. The summed E-state index contributed by atoms with van der Waals surface area (Å²) in [4.78, 5) is 12.3. The summed E-state index contributed by atoms with van der Waals surface area (Å²) in [6, 6.07) is 25.8. The number of nitrogens with one attached hydrogen (secondary N) is 1. The van der Waals surface area contributed by atoms with Crippen molar-refractivity contribution in [3.63, 3.8) is 0 Å². The highest BCUT2D eigenvalue weighted by atomic mass is 16.5. The highest BCUT2D eigenvalue weighted by Crippen LogP contribution is 2.22. The molecule has 1 amide bonds. The minimum absolute atomic E-state index is 0.165. The number of hydrogen-bond donors (Lipinski definition) is 1. The number of anilines is 1. The van der Waals surface area contributed by atoms with E-state index in [4.69, 9.17) is 4.74 Å². The Kier molecular flexibility index (Phi) is 5.69. The second-order valence-corrected chi connectivity index (χ2v) is 6.19. The van der Waals surface area contributed by atoms with E-state index in [9.17, 15) is 4.79 Å². The van der Waals surface area contributed by atoms with E-state index in [1.807, 2.05) is 66.7 Å². The molecule has 0 radical (unpaired) electrons. The van der Waals surface area contributed by atoms with Crippen LogP contribution in [0.4, 0.5) is 5.69 Å². The summed E-state index contributed by atoms with van der Waals surface area (Å²) in [5, 5.41) is 2.89. The molecule has 3 aromatic carbocycles. The standard InChI is InChI=1S/C23H23NO2/c1-3-18-9-13-21(14-10-18)24-23(25)17(2)26-22-15-11-20(12-16-22)19-7-5-4-6-8-19/h4-17H,3H2,1-2H3,(H,24,25)/t17-/m0/s1. The number of benzene rings is 3. The zero-order chi connectivity index (χ0) is 18.4. The summed E-state index contributed by atoms with van der Waals surface area (Å²) >= 11 is 0. The Morgan fingerprint density at radius 3 is 2.12 bits per heavy atom. The van der Waals surface area contributed by atoms with E-state index in [0.29, 0.717) is 5.75 Å². The molecule has 3 heteroatoms. The van der Waals surface area contributed by atoms with Crippen molar-refractivity contribution in [1.82, 2.24) is 0 Å². The molecule has 0 aliphatic carbocycles. The van der Waals surface area contributed by atoms with Crippen molar-refractivity contribution in [2.24, 2.45) is 0 Å². The molecule has 0 aliphatic heterocycles. The summed E-state index contributed by atoms with van der Waals surface area (Å²) in [6.07, 6.45) is 0.399. The Hall–Kier alpha value is -3.07. The highest BCUT2D eigenvalue weighted by Gasteiger charge is 2.15. The maximum atomic E-state index is 12.3. The van der Waals surface area contributed by atoms with E-state index >= 15 is 0 Å². The first-order chi connectivity index (χ1) is 12.7. The third-order valence-corrected chi connectivity index (χ3v) is 4.27. The minimum atomic E-state index is -0.580. The number of carbonyl (C=O) groups excluding carboxylic acids is 1. The second-order valence-electron chi connectivity index (χ2n) is 6.19. The van der Waals surface area contributed by atoms with Gasteiger partial charge in [-0.15, -0.1) is 0 Å². The lowest BCUT2D eigenvalue weighted by atomic mass is 10.1. The van der Waals surface area contributed by atoms with Gasteiger partial charge in [0.2, 0.25) is 0 Å². The van der Waals surface area contributed by atoms with Gasteiger partial charge in [-0.3, -0.25) is 4.79 Å². The zero-order valence-electron chi connectivity index (χ0n) is 15.1. The molecule has 0 heterocycles. The molecule has 0 fully saturated rings. The number of amides is 1. The lowest BCUT2D eigenvalue weighted by Crippen LogP contribution is -2.30. The van der Waals surface area contributed by atoms with Gasteiger partial charge in [-0.1, -0.05) is 61.5 Å². The quantitative estimate of drug-likeness (QED) is 0.656. The van der Waals surface area contributed by atoms with Crippen molar-refractivity contribution in [3.8, 4) is 16.9 Å². The van der Waals surface area contributed by atoms with Crippen LogP contribution in [0.3, 0.4) is 0 Å². The molecule has 0 unspecified atom stereocenters. The number of ether oxygens (including phenoxy) is 1. The Labute approximate surface area is 154 Å². The van der Waals surface area contributed by atoms with E-state index in [0.717, 1.165) is 23.2 Å². The van der Waals surface area contributed by atoms with Gasteiger partial charge >= 0.3 is 0 Å². The lowest BCUT2D eigenvalue weighted by molar-refractivity contribution is -0.122. The largest absolute Gasteiger partial charge is 0.481 e. The van der Waals surface area contributed by atoms with E-state index in [1.165, 1.54) is 5.56 Å². The number of rotatable bonds is 6. The van der Waals surface area contributed by atoms with Crippen LogP contribution in [-0.4, -0.2) is 12.0 Å². The van der Waals surface area contributed by atoms with Gasteiger partial charge in [0, 0.05) is 5.69 Å². The number of aryl methyl sites for hydroxylation is 1. The molecule has 132 valence electrons. The monoisotopic (exact) mass is 345 g/mol. The Balaban J connectivity index is 1.59. The van der Waals surface area contributed by atoms with Crippen LogP contribution in [0.15, 0.2) is 78.9 Å². The van der Waals surface area contributed by atoms with E-state index in [-0.39, 0.29) is 5.91 Å². The highest BCUT2D eigenvalue weighted by molar-refractivity contribution is 5.94.